The van der Waals surface area contributed by atoms with E-state index >= 15 is 0 Å². The average Bonchev–Trinajstić information content (AvgIpc) is 2.93. The van der Waals surface area contributed by atoms with Crippen LogP contribution in [0.25, 0.3) is 11.1 Å². The minimum absolute atomic E-state index is 0.0562. The number of aldehydes is 1. The van der Waals surface area contributed by atoms with Crippen molar-refractivity contribution in [3.05, 3.63) is 59.7 Å². The molecule has 2 aromatic carbocycles. The molecule has 128 valence electrons. The molecule has 3 rings (SSSR count). The number of hydrogen-bond donors (Lipinski definition) is 2. The summed E-state index contributed by atoms with van der Waals surface area (Å²) >= 11 is 3.61. The third-order valence-electron chi connectivity index (χ3n) is 4.21. The van der Waals surface area contributed by atoms with Crippen LogP contribution in [0.1, 0.15) is 23.5 Å². The number of benzene rings is 2. The zero-order chi connectivity index (χ0) is 17.8. The maximum atomic E-state index is 11.9. The SMILES string of the molecule is O=CC(CC(=O)S)NC(=O)OCC1c2ccccc2-c2ccccc21. The molecule has 0 fully saturated rings. The Kier molecular flexibility index (Phi) is 5.19. The summed E-state index contributed by atoms with van der Waals surface area (Å²) in [6.45, 7) is 0.153. The van der Waals surface area contributed by atoms with E-state index < -0.39 is 17.3 Å². The van der Waals surface area contributed by atoms with Gasteiger partial charge in [-0.3, -0.25) is 4.79 Å². The summed E-state index contributed by atoms with van der Waals surface area (Å²) in [6.07, 6.45) is -0.402. The fourth-order valence-electron chi connectivity index (χ4n) is 3.11. The Morgan fingerprint density at radius 3 is 2.16 bits per heavy atom. The van der Waals surface area contributed by atoms with Gasteiger partial charge in [0, 0.05) is 12.3 Å². The number of thiol groups is 1. The summed E-state index contributed by atoms with van der Waals surface area (Å²) in [6, 6.07) is 15.1. The van der Waals surface area contributed by atoms with Crippen LogP contribution < -0.4 is 5.32 Å². The fraction of sp³-hybridized carbons (Fsp3) is 0.211. The molecule has 0 saturated carbocycles. The molecule has 0 saturated heterocycles. The second-order valence-electron chi connectivity index (χ2n) is 5.81. The van der Waals surface area contributed by atoms with Crippen molar-refractivity contribution < 1.29 is 19.1 Å². The molecule has 1 aliphatic carbocycles. The Labute approximate surface area is 150 Å². The Hall–Kier alpha value is -2.60. The Morgan fingerprint density at radius 1 is 1.08 bits per heavy atom. The van der Waals surface area contributed by atoms with E-state index in [4.69, 9.17) is 4.74 Å². The Morgan fingerprint density at radius 2 is 1.64 bits per heavy atom. The van der Waals surface area contributed by atoms with Crippen molar-refractivity contribution in [2.75, 3.05) is 6.61 Å². The van der Waals surface area contributed by atoms with Gasteiger partial charge >= 0.3 is 6.09 Å². The molecule has 0 spiro atoms. The number of amides is 1. The van der Waals surface area contributed by atoms with Crippen LogP contribution in [0.15, 0.2) is 48.5 Å². The molecule has 1 N–H and O–H groups in total. The summed E-state index contributed by atoms with van der Waals surface area (Å²) in [5.74, 6) is -0.0562. The summed E-state index contributed by atoms with van der Waals surface area (Å²) in [5, 5.41) is 1.90. The van der Waals surface area contributed by atoms with Crippen molar-refractivity contribution in [1.82, 2.24) is 5.32 Å². The largest absolute Gasteiger partial charge is 0.449 e. The van der Waals surface area contributed by atoms with Crippen LogP contribution in [0.2, 0.25) is 0 Å². The Bertz CT molecular complexity index is 775. The van der Waals surface area contributed by atoms with Gasteiger partial charge in [0.1, 0.15) is 12.9 Å². The highest BCUT2D eigenvalue weighted by molar-refractivity contribution is 7.96. The number of fused-ring (bicyclic) bond motifs is 3. The second kappa shape index (κ2) is 7.53. The number of carbonyl (C=O) groups is 3. The van der Waals surface area contributed by atoms with Gasteiger partial charge in [0.2, 0.25) is 0 Å². The molecule has 25 heavy (non-hydrogen) atoms. The molecular weight excluding hydrogens is 338 g/mol. The molecule has 1 aliphatic rings. The van der Waals surface area contributed by atoms with E-state index in [-0.39, 0.29) is 18.9 Å². The van der Waals surface area contributed by atoms with Crippen LogP contribution in [0, 0.1) is 0 Å². The van der Waals surface area contributed by atoms with E-state index in [2.05, 4.69) is 30.1 Å². The standard InChI is InChI=1S/C19H17NO4S/c21-10-12(9-18(22)25)20-19(23)24-11-17-15-7-3-1-5-13(15)14-6-2-4-8-16(14)17/h1-8,10,12,17H,9,11H2,(H,20,23)(H,22,25). The topological polar surface area (TPSA) is 72.5 Å². The van der Waals surface area contributed by atoms with Crippen molar-refractivity contribution in [2.45, 2.75) is 18.4 Å². The average molecular weight is 355 g/mol. The van der Waals surface area contributed by atoms with E-state index in [9.17, 15) is 14.4 Å². The molecule has 1 unspecified atom stereocenters. The van der Waals surface area contributed by atoms with Crippen LogP contribution in [-0.4, -0.2) is 30.1 Å². The first-order valence-electron chi connectivity index (χ1n) is 7.88. The van der Waals surface area contributed by atoms with Crippen molar-refractivity contribution in [2.24, 2.45) is 0 Å². The number of rotatable bonds is 6. The lowest BCUT2D eigenvalue weighted by atomic mass is 9.98. The number of alkyl carbamates (subject to hydrolysis) is 1. The quantitative estimate of drug-likeness (QED) is 0.617. The first-order valence-corrected chi connectivity index (χ1v) is 8.33. The van der Waals surface area contributed by atoms with Gasteiger partial charge in [0.25, 0.3) is 0 Å². The lowest BCUT2D eigenvalue weighted by Crippen LogP contribution is -2.38. The minimum Gasteiger partial charge on any atom is -0.449 e. The van der Waals surface area contributed by atoms with Gasteiger partial charge in [-0.05, 0) is 22.3 Å². The summed E-state index contributed by atoms with van der Waals surface area (Å²) in [4.78, 5) is 33.8. The van der Waals surface area contributed by atoms with Gasteiger partial charge in [-0.25, -0.2) is 4.79 Å². The molecule has 1 atom stereocenters. The number of carbonyl (C=O) groups excluding carboxylic acids is 3. The highest BCUT2D eigenvalue weighted by atomic mass is 32.1. The van der Waals surface area contributed by atoms with Gasteiger partial charge < -0.3 is 14.8 Å². The van der Waals surface area contributed by atoms with E-state index in [1.54, 1.807) is 0 Å². The summed E-state index contributed by atoms with van der Waals surface area (Å²) in [7, 11) is 0. The zero-order valence-electron chi connectivity index (χ0n) is 13.3. The lowest BCUT2D eigenvalue weighted by molar-refractivity contribution is -0.115. The fourth-order valence-corrected chi connectivity index (χ4v) is 3.31. The molecule has 0 radical (unpaired) electrons. The van der Waals surface area contributed by atoms with E-state index in [0.29, 0.717) is 6.29 Å². The highest BCUT2D eigenvalue weighted by Crippen LogP contribution is 2.44. The van der Waals surface area contributed by atoms with Crippen LogP contribution >= 0.6 is 12.6 Å². The molecule has 2 aromatic rings. The van der Waals surface area contributed by atoms with Crippen molar-refractivity contribution in [3.8, 4) is 11.1 Å². The lowest BCUT2D eigenvalue weighted by Gasteiger charge is -2.16. The van der Waals surface area contributed by atoms with Crippen LogP contribution in [0.3, 0.4) is 0 Å². The molecule has 1 amide bonds. The van der Waals surface area contributed by atoms with Gasteiger partial charge in [-0.15, -0.1) is 12.6 Å². The molecular formula is C19H17NO4S. The van der Waals surface area contributed by atoms with Gasteiger partial charge in [-0.1, -0.05) is 48.5 Å². The first kappa shape index (κ1) is 17.2. The zero-order valence-corrected chi connectivity index (χ0v) is 14.2. The number of hydrogen-bond acceptors (Lipinski definition) is 4. The smallest absolute Gasteiger partial charge is 0.407 e. The Balaban J connectivity index is 1.70. The molecule has 0 aromatic heterocycles. The van der Waals surface area contributed by atoms with Crippen molar-refractivity contribution in [1.29, 1.82) is 0 Å². The van der Waals surface area contributed by atoms with E-state index in [0.717, 1.165) is 22.3 Å². The van der Waals surface area contributed by atoms with Crippen LogP contribution in [0.5, 0.6) is 0 Å². The van der Waals surface area contributed by atoms with Crippen molar-refractivity contribution >= 4 is 30.1 Å². The van der Waals surface area contributed by atoms with E-state index in [1.807, 2.05) is 36.4 Å². The van der Waals surface area contributed by atoms with Crippen LogP contribution in [0.4, 0.5) is 4.79 Å². The van der Waals surface area contributed by atoms with Gasteiger partial charge in [-0.2, -0.15) is 0 Å². The highest BCUT2D eigenvalue weighted by Gasteiger charge is 2.29. The monoisotopic (exact) mass is 355 g/mol. The number of ether oxygens (including phenoxy) is 1. The predicted molar refractivity (Wildman–Crippen MR) is 96.7 cm³/mol. The maximum absolute atomic E-state index is 11.9. The maximum Gasteiger partial charge on any atom is 0.407 e. The molecule has 5 nitrogen and oxygen atoms in total. The molecule has 6 heteroatoms. The third kappa shape index (κ3) is 3.74. The van der Waals surface area contributed by atoms with Gasteiger partial charge in [0.05, 0.1) is 6.04 Å². The van der Waals surface area contributed by atoms with Crippen molar-refractivity contribution in [3.63, 3.8) is 0 Å². The molecule has 0 bridgehead atoms. The van der Waals surface area contributed by atoms with Gasteiger partial charge in [0.15, 0.2) is 5.12 Å². The number of nitrogens with one attached hydrogen (secondary N) is 1. The second-order valence-corrected chi connectivity index (χ2v) is 6.31. The predicted octanol–water partition coefficient (Wildman–Crippen LogP) is 2.94. The molecule has 0 heterocycles. The first-order chi connectivity index (χ1) is 12.1. The minimum atomic E-state index is -0.930. The normalized spacial score (nSPS) is 13.5. The molecule has 0 aliphatic heterocycles. The third-order valence-corrected chi connectivity index (χ3v) is 4.39. The van der Waals surface area contributed by atoms with Crippen LogP contribution in [-0.2, 0) is 14.3 Å². The van der Waals surface area contributed by atoms with E-state index in [1.165, 1.54) is 0 Å². The summed E-state index contributed by atoms with van der Waals surface area (Å²) in [5.41, 5.74) is 4.49. The summed E-state index contributed by atoms with van der Waals surface area (Å²) < 4.78 is 5.31.